The van der Waals surface area contributed by atoms with E-state index in [1.165, 1.54) is 13.8 Å². The number of halogens is 1. The molecule has 5 atom stereocenters. The SMILES string of the molecule is CC(=O)OC[C@H]1O[C@@H](SCCl)[C@H](OC(C)=O)[C@@H](OC(C)=O)[C@H]1OC(C)=O. The van der Waals surface area contributed by atoms with Gasteiger partial charge in [-0.05, 0) is 0 Å². The molecule has 0 aromatic heterocycles. The first kappa shape index (κ1) is 22.5. The van der Waals surface area contributed by atoms with Crippen LogP contribution in [0.1, 0.15) is 27.7 Å². The number of ether oxygens (including phenoxy) is 5. The van der Waals surface area contributed by atoms with E-state index in [1.54, 1.807) is 0 Å². The van der Waals surface area contributed by atoms with Gasteiger partial charge in [0.15, 0.2) is 18.3 Å². The van der Waals surface area contributed by atoms with Gasteiger partial charge in [0, 0.05) is 27.7 Å². The normalized spacial score (nSPS) is 28.0. The van der Waals surface area contributed by atoms with Crippen LogP contribution in [0.15, 0.2) is 0 Å². The van der Waals surface area contributed by atoms with Crippen molar-refractivity contribution in [3.05, 3.63) is 0 Å². The molecule has 1 rings (SSSR count). The second-order valence-electron chi connectivity index (χ2n) is 5.34. The lowest BCUT2D eigenvalue weighted by Gasteiger charge is -2.44. The zero-order chi connectivity index (χ0) is 19.9. The topological polar surface area (TPSA) is 114 Å². The molecule has 0 aliphatic carbocycles. The van der Waals surface area contributed by atoms with Crippen molar-refractivity contribution >= 4 is 47.2 Å². The first-order valence-electron chi connectivity index (χ1n) is 7.63. The Morgan fingerprint density at radius 2 is 1.35 bits per heavy atom. The zero-order valence-corrected chi connectivity index (χ0v) is 16.3. The first-order valence-corrected chi connectivity index (χ1v) is 9.22. The van der Waals surface area contributed by atoms with Gasteiger partial charge < -0.3 is 23.7 Å². The van der Waals surface area contributed by atoms with E-state index in [2.05, 4.69) is 0 Å². The zero-order valence-electron chi connectivity index (χ0n) is 14.8. The molecule has 0 aromatic carbocycles. The molecule has 11 heteroatoms. The molecule has 0 bridgehead atoms. The lowest BCUT2D eigenvalue weighted by molar-refractivity contribution is -0.237. The lowest BCUT2D eigenvalue weighted by atomic mass is 9.99. The smallest absolute Gasteiger partial charge is 0.303 e. The Hall–Kier alpha value is -1.52. The van der Waals surface area contributed by atoms with Gasteiger partial charge in [0.2, 0.25) is 0 Å². The summed E-state index contributed by atoms with van der Waals surface area (Å²) in [4.78, 5) is 45.7. The van der Waals surface area contributed by atoms with E-state index in [0.717, 1.165) is 25.6 Å². The number of thioether (sulfide) groups is 1. The molecule has 0 N–H and O–H groups in total. The molecule has 1 heterocycles. The molecule has 0 aromatic rings. The number of hydrogen-bond donors (Lipinski definition) is 0. The minimum atomic E-state index is -1.16. The molecule has 0 spiro atoms. The summed E-state index contributed by atoms with van der Waals surface area (Å²) in [6.07, 6.45) is -4.32. The maximum Gasteiger partial charge on any atom is 0.303 e. The van der Waals surface area contributed by atoms with E-state index in [1.807, 2.05) is 0 Å². The Kier molecular flexibility index (Phi) is 9.17. The van der Waals surface area contributed by atoms with Crippen molar-refractivity contribution in [1.82, 2.24) is 0 Å². The van der Waals surface area contributed by atoms with Gasteiger partial charge in [-0.25, -0.2) is 0 Å². The second-order valence-corrected chi connectivity index (χ2v) is 7.01. The predicted molar refractivity (Wildman–Crippen MR) is 90.3 cm³/mol. The van der Waals surface area contributed by atoms with Crippen molar-refractivity contribution in [2.24, 2.45) is 0 Å². The maximum atomic E-state index is 11.5. The number of hydrogen-bond acceptors (Lipinski definition) is 10. The fraction of sp³-hybridized carbons (Fsp3) is 0.733. The average molecular weight is 413 g/mol. The molecule has 1 saturated heterocycles. The van der Waals surface area contributed by atoms with Crippen LogP contribution in [0.5, 0.6) is 0 Å². The van der Waals surface area contributed by atoms with Gasteiger partial charge in [0.05, 0.1) is 5.21 Å². The number of carbonyl (C=O) groups excluding carboxylic acids is 4. The van der Waals surface area contributed by atoms with Crippen molar-refractivity contribution in [2.45, 2.75) is 57.5 Å². The van der Waals surface area contributed by atoms with Crippen LogP contribution >= 0.6 is 23.4 Å². The fourth-order valence-electron chi connectivity index (χ4n) is 2.38. The van der Waals surface area contributed by atoms with Crippen LogP contribution in [0.25, 0.3) is 0 Å². The number of carbonyl (C=O) groups is 4. The third kappa shape index (κ3) is 7.00. The standard InChI is InChI=1S/C15H21ClO9S/c1-7(17)21-5-11-12(22-8(2)18)13(23-9(3)19)14(24-10(4)20)15(25-11)26-6-16/h11-15H,5-6H2,1-4H3/t11-,12+,13+,14-,15+/m1/s1. The van der Waals surface area contributed by atoms with Crippen molar-refractivity contribution in [2.75, 3.05) is 11.8 Å². The van der Waals surface area contributed by atoms with Gasteiger partial charge in [-0.15, -0.1) is 23.4 Å². The molecule has 0 unspecified atom stereocenters. The van der Waals surface area contributed by atoms with Crippen LogP contribution in [-0.4, -0.2) is 65.5 Å². The minimum Gasteiger partial charge on any atom is -0.463 e. The summed E-state index contributed by atoms with van der Waals surface area (Å²) in [6.45, 7) is 4.46. The van der Waals surface area contributed by atoms with Crippen LogP contribution < -0.4 is 0 Å². The van der Waals surface area contributed by atoms with Crippen LogP contribution in [0.3, 0.4) is 0 Å². The molecule has 1 aliphatic rings. The highest BCUT2D eigenvalue weighted by Gasteiger charge is 2.52. The Morgan fingerprint density at radius 3 is 1.81 bits per heavy atom. The molecule has 1 fully saturated rings. The van der Waals surface area contributed by atoms with Gasteiger partial charge in [-0.2, -0.15) is 0 Å². The Morgan fingerprint density at radius 1 is 0.846 bits per heavy atom. The molecule has 0 radical (unpaired) electrons. The number of alkyl halides is 1. The molecular weight excluding hydrogens is 392 g/mol. The van der Waals surface area contributed by atoms with Gasteiger partial charge in [0.1, 0.15) is 18.1 Å². The van der Waals surface area contributed by atoms with Crippen LogP contribution in [0, 0.1) is 0 Å². The monoisotopic (exact) mass is 412 g/mol. The number of esters is 4. The van der Waals surface area contributed by atoms with E-state index < -0.39 is 53.7 Å². The van der Waals surface area contributed by atoms with Crippen molar-refractivity contribution in [3.63, 3.8) is 0 Å². The summed E-state index contributed by atoms with van der Waals surface area (Å²) < 4.78 is 26.4. The van der Waals surface area contributed by atoms with Crippen molar-refractivity contribution in [3.8, 4) is 0 Å². The Balaban J connectivity index is 3.22. The van der Waals surface area contributed by atoms with E-state index >= 15 is 0 Å². The highest BCUT2D eigenvalue weighted by atomic mass is 35.5. The summed E-state index contributed by atoms with van der Waals surface area (Å²) in [7, 11) is 0. The second kappa shape index (κ2) is 10.6. The van der Waals surface area contributed by atoms with E-state index in [4.69, 9.17) is 35.3 Å². The summed E-state index contributed by atoms with van der Waals surface area (Å²) in [5.74, 6) is -2.56. The molecule has 1 aliphatic heterocycles. The molecule has 148 valence electrons. The molecule has 0 saturated carbocycles. The van der Waals surface area contributed by atoms with Crippen LogP contribution in [-0.2, 0) is 42.9 Å². The Labute approximate surface area is 159 Å². The minimum absolute atomic E-state index is 0.0910. The van der Waals surface area contributed by atoms with Crippen molar-refractivity contribution in [1.29, 1.82) is 0 Å². The third-order valence-corrected chi connectivity index (χ3v) is 4.39. The molecule has 9 nitrogen and oxygen atoms in total. The Bertz CT molecular complexity index is 541. The quantitative estimate of drug-likeness (QED) is 0.340. The van der Waals surface area contributed by atoms with Gasteiger partial charge in [0.25, 0.3) is 0 Å². The van der Waals surface area contributed by atoms with Gasteiger partial charge in [-0.3, -0.25) is 19.2 Å². The van der Waals surface area contributed by atoms with Crippen LogP contribution in [0.2, 0.25) is 0 Å². The molecular formula is C15H21ClO9S. The van der Waals surface area contributed by atoms with E-state index in [9.17, 15) is 19.2 Å². The van der Waals surface area contributed by atoms with Gasteiger partial charge in [-0.1, -0.05) is 0 Å². The fourth-order valence-corrected chi connectivity index (χ4v) is 3.50. The lowest BCUT2D eigenvalue weighted by Crippen LogP contribution is -2.61. The first-order chi connectivity index (χ1) is 12.1. The molecule has 0 amide bonds. The summed E-state index contributed by atoms with van der Waals surface area (Å²) >= 11 is 6.84. The highest BCUT2D eigenvalue weighted by molar-refractivity contribution is 8.00. The summed E-state index contributed by atoms with van der Waals surface area (Å²) in [5.41, 5.74) is -0.826. The van der Waals surface area contributed by atoms with Crippen molar-refractivity contribution < 1.29 is 42.9 Å². The van der Waals surface area contributed by atoms with E-state index in [-0.39, 0.29) is 11.8 Å². The van der Waals surface area contributed by atoms with E-state index in [0.29, 0.717) is 0 Å². The largest absolute Gasteiger partial charge is 0.463 e. The molecule has 26 heavy (non-hydrogen) atoms. The highest BCUT2D eigenvalue weighted by Crippen LogP contribution is 2.34. The average Bonchev–Trinajstić information content (AvgIpc) is 2.50. The summed E-state index contributed by atoms with van der Waals surface area (Å²) in [6, 6.07) is 0. The summed E-state index contributed by atoms with van der Waals surface area (Å²) in [5, 5.41) is 0.0910. The number of rotatable bonds is 7. The predicted octanol–water partition coefficient (Wildman–Crippen LogP) is 0.999. The third-order valence-electron chi connectivity index (χ3n) is 3.18. The van der Waals surface area contributed by atoms with Gasteiger partial charge >= 0.3 is 23.9 Å². The maximum absolute atomic E-state index is 11.5. The van der Waals surface area contributed by atoms with Crippen LogP contribution in [0.4, 0.5) is 0 Å².